The Labute approximate surface area is 253 Å². The number of likely N-dealkylation sites (tertiary alicyclic amines) is 1. The summed E-state index contributed by atoms with van der Waals surface area (Å²) in [4.78, 5) is 50.5. The number of nitrogens with zero attached hydrogens (tertiary/aromatic N) is 4. The maximum absolute atomic E-state index is 14.6. The van der Waals surface area contributed by atoms with Gasteiger partial charge in [0, 0.05) is 43.2 Å². The molecule has 9 heteroatoms. The van der Waals surface area contributed by atoms with Crippen molar-refractivity contribution in [2.75, 3.05) is 47.5 Å². The monoisotopic (exact) mass is 584 g/mol. The van der Waals surface area contributed by atoms with Crippen molar-refractivity contribution in [3.05, 3.63) is 78.9 Å². The van der Waals surface area contributed by atoms with Crippen LogP contribution in [0, 0.1) is 11.8 Å². The Balaban J connectivity index is 1.42. The van der Waals surface area contributed by atoms with Gasteiger partial charge in [-0.05, 0) is 56.7 Å². The van der Waals surface area contributed by atoms with Gasteiger partial charge in [-0.25, -0.2) is 0 Å². The van der Waals surface area contributed by atoms with Crippen LogP contribution in [0.3, 0.4) is 0 Å². The van der Waals surface area contributed by atoms with Crippen LogP contribution in [-0.4, -0.2) is 84.3 Å². The number of fused-ring (bicyclic) bond motifs is 2. The molecule has 4 aliphatic heterocycles. The molecule has 4 heterocycles. The van der Waals surface area contributed by atoms with Gasteiger partial charge in [0.2, 0.25) is 11.8 Å². The van der Waals surface area contributed by atoms with Crippen molar-refractivity contribution >= 4 is 34.8 Å². The van der Waals surface area contributed by atoms with Crippen LogP contribution in [0.15, 0.2) is 78.9 Å². The van der Waals surface area contributed by atoms with Gasteiger partial charge < -0.3 is 29.4 Å². The Hall–Kier alpha value is -3.95. The van der Waals surface area contributed by atoms with Gasteiger partial charge in [0.15, 0.2) is 0 Å². The molecule has 2 fully saturated rings. The summed E-state index contributed by atoms with van der Waals surface area (Å²) in [6.07, 6.45) is 7.28. The van der Waals surface area contributed by atoms with E-state index in [2.05, 4.69) is 18.7 Å². The fourth-order valence-corrected chi connectivity index (χ4v) is 7.39. The minimum Gasteiger partial charge on any atom is -0.394 e. The Kier molecular flexibility index (Phi) is 7.87. The van der Waals surface area contributed by atoms with Gasteiger partial charge in [-0.1, -0.05) is 49.4 Å². The third kappa shape index (κ3) is 4.57. The van der Waals surface area contributed by atoms with E-state index in [1.54, 1.807) is 9.80 Å². The fourth-order valence-electron chi connectivity index (χ4n) is 7.39. The predicted octanol–water partition coefficient (Wildman–Crippen LogP) is 3.39. The molecule has 43 heavy (non-hydrogen) atoms. The summed E-state index contributed by atoms with van der Waals surface area (Å²) in [5.41, 5.74) is 1.18. The molecule has 6 rings (SSSR count). The summed E-state index contributed by atoms with van der Waals surface area (Å²) in [6, 6.07) is 15.7. The van der Waals surface area contributed by atoms with Gasteiger partial charge in [0.1, 0.15) is 11.6 Å². The molecule has 9 nitrogen and oxygen atoms in total. The average molecular weight is 585 g/mol. The first kappa shape index (κ1) is 29.1. The van der Waals surface area contributed by atoms with Crippen molar-refractivity contribution in [3.63, 3.8) is 0 Å². The zero-order valence-electron chi connectivity index (χ0n) is 25.0. The lowest BCUT2D eigenvalue weighted by Gasteiger charge is -2.38. The topological polar surface area (TPSA) is 93.6 Å². The minimum absolute atomic E-state index is 0.206. The number of aliphatic hydroxyl groups excluding tert-OH is 1. The Morgan fingerprint density at radius 3 is 2.19 bits per heavy atom. The number of aliphatic hydroxyl groups is 1. The summed E-state index contributed by atoms with van der Waals surface area (Å²) in [5.74, 6) is -2.53. The quantitative estimate of drug-likeness (QED) is 0.479. The van der Waals surface area contributed by atoms with Gasteiger partial charge in [-0.2, -0.15) is 0 Å². The second kappa shape index (κ2) is 11.6. The molecule has 0 saturated carbocycles. The van der Waals surface area contributed by atoms with Crippen LogP contribution in [0.5, 0.6) is 0 Å². The van der Waals surface area contributed by atoms with Crippen LogP contribution >= 0.6 is 0 Å². The van der Waals surface area contributed by atoms with E-state index in [9.17, 15) is 19.5 Å². The molecule has 2 saturated heterocycles. The lowest BCUT2D eigenvalue weighted by Crippen LogP contribution is -2.58. The highest BCUT2D eigenvalue weighted by molar-refractivity contribution is 6.07. The number of amides is 3. The molecule has 1 N–H and O–H groups in total. The first-order chi connectivity index (χ1) is 20.9. The number of hydrogen-bond donors (Lipinski definition) is 1. The summed E-state index contributed by atoms with van der Waals surface area (Å²) in [5, 5.41) is 10.4. The van der Waals surface area contributed by atoms with Crippen LogP contribution in [0.4, 0.5) is 17.1 Å². The average Bonchev–Trinajstić information content (AvgIpc) is 3.34. The Morgan fingerprint density at radius 1 is 0.884 bits per heavy atom. The standard InChI is InChI=1S/C34H40N4O5/c1-4-23(22-39)38-30-33(42)37(26-17-15-24(16-18-26)35(5-2)6-3)21-11-19-34(30)29(32(38)41)28-27(43-34)14-10-20-36(31(28)40)25-12-8-7-9-13-25/h7-19,23,27-30,39H,4-6,20-22H2,1-3H3/t23-,27-,28+,29-,30?,34-/m0/s1. The molecule has 1 spiro atoms. The van der Waals surface area contributed by atoms with E-state index in [0.29, 0.717) is 25.2 Å². The number of benzene rings is 2. The van der Waals surface area contributed by atoms with Crippen LogP contribution in [0.2, 0.25) is 0 Å². The number of anilines is 3. The number of carbonyl (C=O) groups excluding carboxylic acids is 3. The second-order valence-corrected chi connectivity index (χ2v) is 11.6. The van der Waals surface area contributed by atoms with Crippen molar-refractivity contribution in [1.82, 2.24) is 4.90 Å². The SMILES string of the molecule is CC[C@@H](CO)N1C(=O)[C@@H]2[C@@H]3C(=O)N(c4ccccc4)CC=C[C@@H]3O[C@@]23C=CCN(c2ccc(N(CC)CC)cc2)C(=O)C13. The summed E-state index contributed by atoms with van der Waals surface area (Å²) in [6.45, 7) is 8.20. The van der Waals surface area contributed by atoms with Crippen LogP contribution in [-0.2, 0) is 19.1 Å². The molecule has 226 valence electrons. The number of ether oxygens (including phenoxy) is 1. The number of hydrogen-bond acceptors (Lipinski definition) is 6. The van der Waals surface area contributed by atoms with E-state index < -0.39 is 35.6 Å². The van der Waals surface area contributed by atoms with Gasteiger partial charge >= 0.3 is 0 Å². The second-order valence-electron chi connectivity index (χ2n) is 11.6. The third-order valence-corrected chi connectivity index (χ3v) is 9.53. The van der Waals surface area contributed by atoms with E-state index in [1.165, 1.54) is 4.90 Å². The summed E-state index contributed by atoms with van der Waals surface area (Å²) in [7, 11) is 0. The number of rotatable bonds is 8. The first-order valence-corrected chi connectivity index (χ1v) is 15.4. The van der Waals surface area contributed by atoms with E-state index in [4.69, 9.17) is 4.74 Å². The maximum atomic E-state index is 14.6. The lowest BCUT2D eigenvalue weighted by molar-refractivity contribution is -0.144. The van der Waals surface area contributed by atoms with E-state index in [0.717, 1.165) is 24.5 Å². The van der Waals surface area contributed by atoms with Crippen molar-refractivity contribution in [3.8, 4) is 0 Å². The maximum Gasteiger partial charge on any atom is 0.253 e. The van der Waals surface area contributed by atoms with E-state index >= 15 is 0 Å². The number of carbonyl (C=O) groups is 3. The summed E-state index contributed by atoms with van der Waals surface area (Å²) < 4.78 is 6.75. The van der Waals surface area contributed by atoms with E-state index in [-0.39, 0.29) is 24.3 Å². The molecule has 1 unspecified atom stereocenters. The lowest BCUT2D eigenvalue weighted by atomic mass is 9.77. The molecular weight excluding hydrogens is 544 g/mol. The molecule has 0 radical (unpaired) electrons. The first-order valence-electron chi connectivity index (χ1n) is 15.4. The zero-order chi connectivity index (χ0) is 30.3. The van der Waals surface area contributed by atoms with Crippen LogP contribution in [0.25, 0.3) is 0 Å². The third-order valence-electron chi connectivity index (χ3n) is 9.53. The number of para-hydroxylation sites is 1. The van der Waals surface area contributed by atoms with Gasteiger partial charge in [-0.15, -0.1) is 0 Å². The predicted molar refractivity (Wildman–Crippen MR) is 166 cm³/mol. The van der Waals surface area contributed by atoms with E-state index in [1.807, 2.05) is 85.8 Å². The molecule has 0 aliphatic carbocycles. The van der Waals surface area contributed by atoms with Crippen molar-refractivity contribution < 1.29 is 24.2 Å². The molecule has 3 amide bonds. The molecule has 6 atom stereocenters. The van der Waals surface area contributed by atoms with Crippen LogP contribution < -0.4 is 14.7 Å². The van der Waals surface area contributed by atoms with Gasteiger partial charge in [-0.3, -0.25) is 14.4 Å². The summed E-state index contributed by atoms with van der Waals surface area (Å²) >= 11 is 0. The zero-order valence-corrected chi connectivity index (χ0v) is 25.0. The minimum atomic E-state index is -1.35. The van der Waals surface area contributed by atoms with Gasteiger partial charge in [0.05, 0.1) is 30.6 Å². The highest BCUT2D eigenvalue weighted by Crippen LogP contribution is 2.54. The molecule has 2 aromatic rings. The highest BCUT2D eigenvalue weighted by Gasteiger charge is 2.72. The van der Waals surface area contributed by atoms with Crippen molar-refractivity contribution in [1.29, 1.82) is 0 Å². The fraction of sp³-hybridized carbons (Fsp3) is 0.441. The molecule has 0 aromatic heterocycles. The molecule has 4 aliphatic rings. The Bertz CT molecular complexity index is 1420. The van der Waals surface area contributed by atoms with Crippen LogP contribution in [0.1, 0.15) is 27.2 Å². The Morgan fingerprint density at radius 2 is 1.53 bits per heavy atom. The van der Waals surface area contributed by atoms with Gasteiger partial charge in [0.25, 0.3) is 5.91 Å². The molecule has 0 bridgehead atoms. The normalized spacial score (nSPS) is 28.8. The highest BCUT2D eigenvalue weighted by atomic mass is 16.5. The molecule has 2 aromatic carbocycles. The van der Waals surface area contributed by atoms with Crippen molar-refractivity contribution in [2.45, 2.75) is 51.0 Å². The largest absolute Gasteiger partial charge is 0.394 e. The van der Waals surface area contributed by atoms with Crippen molar-refractivity contribution in [2.24, 2.45) is 11.8 Å². The molecular formula is C34H40N4O5. The smallest absolute Gasteiger partial charge is 0.253 e.